The quantitative estimate of drug-likeness (QED) is 0.351. The molecule has 0 fully saturated rings. The first-order chi connectivity index (χ1) is 15.9. The summed E-state index contributed by atoms with van der Waals surface area (Å²) in [6.07, 6.45) is 13.2. The van der Waals surface area contributed by atoms with Gasteiger partial charge in [0.2, 0.25) is 5.88 Å². The monoisotopic (exact) mass is 463 g/mol. The van der Waals surface area contributed by atoms with Gasteiger partial charge in [0.25, 0.3) is 0 Å². The predicted octanol–water partition coefficient (Wildman–Crippen LogP) is 5.10. The Morgan fingerprint density at radius 1 is 1.30 bits per heavy atom. The van der Waals surface area contributed by atoms with Crippen molar-refractivity contribution in [3.05, 3.63) is 88.7 Å². The highest BCUT2D eigenvalue weighted by molar-refractivity contribution is 6.30. The Balaban J connectivity index is 1.79. The van der Waals surface area contributed by atoms with E-state index >= 15 is 0 Å². The van der Waals surface area contributed by atoms with Crippen molar-refractivity contribution in [1.82, 2.24) is 14.8 Å². The second-order valence-corrected chi connectivity index (χ2v) is 7.46. The molecular weight excluding hydrogens is 442 g/mol. The summed E-state index contributed by atoms with van der Waals surface area (Å²) in [5.74, 6) is 2.70. The zero-order valence-electron chi connectivity index (χ0n) is 18.1. The van der Waals surface area contributed by atoms with Crippen LogP contribution in [0.2, 0.25) is 5.02 Å². The fourth-order valence-corrected chi connectivity index (χ4v) is 2.99. The van der Waals surface area contributed by atoms with Gasteiger partial charge in [0.05, 0.1) is 11.8 Å². The van der Waals surface area contributed by atoms with Gasteiger partial charge >= 0.3 is 5.97 Å². The first-order valence-electron chi connectivity index (χ1n) is 10.00. The molecule has 0 aliphatic carbocycles. The van der Waals surface area contributed by atoms with Gasteiger partial charge in [-0.25, -0.2) is 9.78 Å². The maximum absolute atomic E-state index is 11.3. The summed E-state index contributed by atoms with van der Waals surface area (Å²) in [5.41, 5.74) is 1.86. The van der Waals surface area contributed by atoms with E-state index in [1.807, 2.05) is 26.0 Å². The first-order valence-corrected chi connectivity index (χ1v) is 10.4. The minimum atomic E-state index is -1.05. The molecule has 0 saturated carbocycles. The average Bonchev–Trinajstić information content (AvgIpc) is 3.27. The minimum Gasteiger partial charge on any atom is -0.486 e. The molecule has 2 aromatic heterocycles. The molecule has 3 aromatic rings. The number of hydrogen-bond donors (Lipinski definition) is 1. The second-order valence-electron chi connectivity index (χ2n) is 7.03. The minimum absolute atomic E-state index is 0.101. The molecule has 0 radical (unpaired) electrons. The van der Waals surface area contributed by atoms with Gasteiger partial charge in [-0.1, -0.05) is 35.7 Å². The van der Waals surface area contributed by atoms with Gasteiger partial charge in [0.15, 0.2) is 5.82 Å². The van der Waals surface area contributed by atoms with Crippen LogP contribution >= 0.6 is 11.6 Å². The average molecular weight is 464 g/mol. The number of pyridine rings is 1. The highest BCUT2D eigenvalue weighted by Crippen LogP contribution is 2.27. The van der Waals surface area contributed by atoms with Crippen molar-refractivity contribution >= 4 is 17.6 Å². The highest BCUT2D eigenvalue weighted by Gasteiger charge is 2.14. The fourth-order valence-electron chi connectivity index (χ4n) is 2.82. The second kappa shape index (κ2) is 11.0. The van der Waals surface area contributed by atoms with E-state index in [4.69, 9.17) is 27.5 Å². The highest BCUT2D eigenvalue weighted by atomic mass is 35.5. The van der Waals surface area contributed by atoms with E-state index in [9.17, 15) is 9.90 Å². The molecule has 0 amide bonds. The van der Waals surface area contributed by atoms with E-state index in [2.05, 4.69) is 16.0 Å². The van der Waals surface area contributed by atoms with Gasteiger partial charge in [-0.05, 0) is 49.8 Å². The number of ether oxygens (including phenoxy) is 2. The molecule has 168 valence electrons. The maximum atomic E-state index is 11.3. The molecule has 0 aliphatic heterocycles. The first kappa shape index (κ1) is 23.6. The van der Waals surface area contributed by atoms with Crippen molar-refractivity contribution in [2.75, 3.05) is 0 Å². The number of carboxylic acids is 1. The van der Waals surface area contributed by atoms with Gasteiger partial charge in [-0.3, -0.25) is 0 Å². The number of carbonyl (C=O) groups is 1. The van der Waals surface area contributed by atoms with Crippen LogP contribution in [0.1, 0.15) is 29.8 Å². The number of allylic oxidation sites excluding steroid dienone is 3. The van der Waals surface area contributed by atoms with E-state index < -0.39 is 5.97 Å². The van der Waals surface area contributed by atoms with E-state index in [1.54, 1.807) is 36.5 Å². The van der Waals surface area contributed by atoms with E-state index in [-0.39, 0.29) is 18.3 Å². The SMILES string of the molecule is C#C/C=C\C=C(/C)C(C)Oc1cc(Cl)ccc1COc1ccnn1-c1cc(C(=O)O)ccn1. The van der Waals surface area contributed by atoms with Crippen LogP contribution in [0.4, 0.5) is 0 Å². The summed E-state index contributed by atoms with van der Waals surface area (Å²) in [6, 6.07) is 9.81. The van der Waals surface area contributed by atoms with Crippen molar-refractivity contribution < 1.29 is 19.4 Å². The predicted molar refractivity (Wildman–Crippen MR) is 126 cm³/mol. The van der Waals surface area contributed by atoms with Gasteiger partial charge < -0.3 is 14.6 Å². The Morgan fingerprint density at radius 3 is 2.88 bits per heavy atom. The van der Waals surface area contributed by atoms with Crippen molar-refractivity contribution in [3.8, 4) is 29.8 Å². The maximum Gasteiger partial charge on any atom is 0.335 e. The number of aromatic nitrogens is 3. The number of rotatable bonds is 9. The number of hydrogen-bond acceptors (Lipinski definition) is 5. The van der Waals surface area contributed by atoms with Crippen LogP contribution in [0, 0.1) is 12.3 Å². The number of terminal acetylenes is 1. The summed E-state index contributed by atoms with van der Waals surface area (Å²) in [5, 5.41) is 14.0. The molecule has 0 saturated heterocycles. The molecule has 2 heterocycles. The van der Waals surface area contributed by atoms with E-state index in [0.29, 0.717) is 22.5 Å². The van der Waals surface area contributed by atoms with Crippen molar-refractivity contribution in [1.29, 1.82) is 0 Å². The zero-order valence-corrected chi connectivity index (χ0v) is 18.9. The lowest BCUT2D eigenvalue weighted by Crippen LogP contribution is -2.15. The Bertz CT molecular complexity index is 1240. The van der Waals surface area contributed by atoms with Crippen molar-refractivity contribution in [3.63, 3.8) is 0 Å². The molecule has 7 nitrogen and oxygen atoms in total. The van der Waals surface area contributed by atoms with Crippen molar-refractivity contribution in [2.24, 2.45) is 0 Å². The molecule has 1 N–H and O–H groups in total. The molecule has 1 unspecified atom stereocenters. The molecule has 8 heteroatoms. The third-order valence-electron chi connectivity index (χ3n) is 4.72. The molecule has 0 bridgehead atoms. The third kappa shape index (κ3) is 6.25. The van der Waals surface area contributed by atoms with Crippen molar-refractivity contribution in [2.45, 2.75) is 26.6 Å². The molecule has 1 aromatic carbocycles. The lowest BCUT2D eigenvalue weighted by Gasteiger charge is -2.19. The Kier molecular flexibility index (Phi) is 7.90. The topological polar surface area (TPSA) is 86.5 Å². The summed E-state index contributed by atoms with van der Waals surface area (Å²) in [7, 11) is 0. The van der Waals surface area contributed by atoms with Crippen LogP contribution in [-0.4, -0.2) is 31.9 Å². The van der Waals surface area contributed by atoms with Crippen LogP contribution in [0.15, 0.2) is 72.6 Å². The van der Waals surface area contributed by atoms with Crippen LogP contribution in [0.3, 0.4) is 0 Å². The standard InChI is InChI=1S/C25H22ClN3O4/c1-4-5-6-7-17(2)18(3)33-22-15-21(26)9-8-20(22)16-32-24-11-13-28-29(24)23-14-19(25(30)31)10-12-27-23/h1,5-15,18H,16H2,2-3H3,(H,30,31)/b6-5-,17-7+. The third-order valence-corrected chi connectivity index (χ3v) is 4.95. The summed E-state index contributed by atoms with van der Waals surface area (Å²) >= 11 is 6.19. The fraction of sp³-hybridized carbons (Fsp3) is 0.160. The molecule has 0 aliphatic rings. The van der Waals surface area contributed by atoms with Gasteiger partial charge in [0, 0.05) is 22.8 Å². The van der Waals surface area contributed by atoms with Gasteiger partial charge in [0.1, 0.15) is 18.5 Å². The smallest absolute Gasteiger partial charge is 0.335 e. The molecule has 0 spiro atoms. The summed E-state index contributed by atoms with van der Waals surface area (Å²) < 4.78 is 13.5. The summed E-state index contributed by atoms with van der Waals surface area (Å²) in [6.45, 7) is 4.05. The zero-order chi connectivity index (χ0) is 23.8. The Morgan fingerprint density at radius 2 is 2.12 bits per heavy atom. The van der Waals surface area contributed by atoms with Crippen LogP contribution in [0.5, 0.6) is 11.6 Å². The van der Waals surface area contributed by atoms with Crippen LogP contribution in [-0.2, 0) is 6.61 Å². The number of nitrogens with zero attached hydrogens (tertiary/aromatic N) is 3. The number of halogens is 1. The Labute approximate surface area is 196 Å². The van der Waals surface area contributed by atoms with Crippen LogP contribution < -0.4 is 9.47 Å². The lowest BCUT2D eigenvalue weighted by atomic mass is 10.1. The molecular formula is C25H22ClN3O4. The van der Waals surface area contributed by atoms with E-state index in [1.165, 1.54) is 23.0 Å². The number of carboxylic acid groups (broad SMARTS) is 1. The molecule has 3 rings (SSSR count). The van der Waals surface area contributed by atoms with Gasteiger partial charge in [-0.2, -0.15) is 9.78 Å². The van der Waals surface area contributed by atoms with Crippen LogP contribution in [0.25, 0.3) is 5.82 Å². The lowest BCUT2D eigenvalue weighted by molar-refractivity contribution is 0.0696. The molecule has 33 heavy (non-hydrogen) atoms. The number of aromatic carboxylic acids is 1. The molecule has 1 atom stereocenters. The normalized spacial score (nSPS) is 12.4. The Hall–Kier alpha value is -4.02. The largest absolute Gasteiger partial charge is 0.486 e. The van der Waals surface area contributed by atoms with Gasteiger partial charge in [-0.15, -0.1) is 6.42 Å². The summed E-state index contributed by atoms with van der Waals surface area (Å²) in [4.78, 5) is 15.5. The number of benzene rings is 1. The van der Waals surface area contributed by atoms with E-state index in [0.717, 1.165) is 11.1 Å².